The normalized spacial score (nSPS) is 42.4. The van der Waals surface area contributed by atoms with Gasteiger partial charge in [-0.05, 0) is 97.2 Å². The highest BCUT2D eigenvalue weighted by Gasteiger charge is 2.60. The molecule has 0 bridgehead atoms. The molecule has 0 saturated heterocycles. The number of fused-ring (bicyclic) bond motifs is 3. The monoisotopic (exact) mass is 388 g/mol. The summed E-state index contributed by atoms with van der Waals surface area (Å²) in [6, 6.07) is 0. The van der Waals surface area contributed by atoms with Crippen LogP contribution in [-0.4, -0.2) is 0 Å². The van der Waals surface area contributed by atoms with E-state index >= 15 is 0 Å². The van der Waals surface area contributed by atoms with Gasteiger partial charge in [0.05, 0.1) is 0 Å². The van der Waals surface area contributed by atoms with Gasteiger partial charge in [0.15, 0.2) is 0 Å². The molecule has 0 aromatic rings. The van der Waals surface area contributed by atoms with Crippen LogP contribution >= 0.6 is 0 Å². The Balaban J connectivity index is 1.70. The number of rotatable bonds is 8. The molecule has 0 aromatic carbocycles. The van der Waals surface area contributed by atoms with E-state index in [0.29, 0.717) is 16.2 Å². The average Bonchev–Trinajstić information content (AvgIpc) is 2.96. The molecule has 0 heteroatoms. The van der Waals surface area contributed by atoms with E-state index in [4.69, 9.17) is 0 Å². The lowest BCUT2D eigenvalue weighted by Gasteiger charge is -2.62. The van der Waals surface area contributed by atoms with E-state index < -0.39 is 0 Å². The fraction of sp³-hybridized carbons (Fsp3) is 1.00. The second-order valence-corrected chi connectivity index (χ2v) is 12.8. The summed E-state index contributed by atoms with van der Waals surface area (Å²) in [6.07, 6.45) is 19.3. The van der Waals surface area contributed by atoms with E-state index in [1.54, 1.807) is 12.8 Å². The fourth-order valence-corrected chi connectivity index (χ4v) is 8.39. The molecule has 3 unspecified atom stereocenters. The summed E-state index contributed by atoms with van der Waals surface area (Å²) in [5, 5.41) is 0. The molecule has 6 atom stereocenters. The molecule has 0 aromatic heterocycles. The van der Waals surface area contributed by atoms with Gasteiger partial charge in [0.2, 0.25) is 0 Å². The third-order valence-electron chi connectivity index (χ3n) is 10.7. The zero-order valence-electron chi connectivity index (χ0n) is 20.6. The van der Waals surface area contributed by atoms with E-state index in [1.807, 2.05) is 0 Å². The summed E-state index contributed by atoms with van der Waals surface area (Å²) in [5.74, 6) is 4.99. The Kier molecular flexibility index (Phi) is 6.99. The van der Waals surface area contributed by atoms with Gasteiger partial charge in [-0.2, -0.15) is 0 Å². The highest BCUT2D eigenvalue weighted by atomic mass is 14.6. The highest BCUT2D eigenvalue weighted by molar-refractivity contribution is 5.09. The van der Waals surface area contributed by atoms with Crippen molar-refractivity contribution < 1.29 is 0 Å². The minimum Gasteiger partial charge on any atom is -0.0654 e. The Hall–Kier alpha value is 0. The van der Waals surface area contributed by atoms with Crippen LogP contribution in [0.25, 0.3) is 0 Å². The molecule has 0 N–H and O–H groups in total. The van der Waals surface area contributed by atoms with Crippen molar-refractivity contribution in [2.24, 2.45) is 45.8 Å². The summed E-state index contributed by atoms with van der Waals surface area (Å²) < 4.78 is 0. The summed E-state index contributed by atoms with van der Waals surface area (Å²) in [6.45, 7) is 17.8. The molecule has 3 aliphatic rings. The van der Waals surface area contributed by atoms with Crippen molar-refractivity contribution in [2.45, 2.75) is 132 Å². The van der Waals surface area contributed by atoms with Crippen LogP contribution in [0.4, 0.5) is 0 Å². The first kappa shape index (κ1) is 22.7. The van der Waals surface area contributed by atoms with Crippen LogP contribution < -0.4 is 0 Å². The maximum atomic E-state index is 2.73. The van der Waals surface area contributed by atoms with E-state index in [-0.39, 0.29) is 0 Å². The molecule has 0 heterocycles. The van der Waals surface area contributed by atoms with Crippen molar-refractivity contribution in [1.29, 1.82) is 0 Å². The molecule has 3 saturated carbocycles. The first-order valence-corrected chi connectivity index (χ1v) is 13.2. The van der Waals surface area contributed by atoms with Crippen LogP contribution in [0.1, 0.15) is 132 Å². The van der Waals surface area contributed by atoms with Crippen LogP contribution in [0, 0.1) is 45.8 Å². The molecule has 3 fully saturated rings. The molecular formula is C28H52. The Morgan fingerprint density at radius 3 is 2.25 bits per heavy atom. The summed E-state index contributed by atoms with van der Waals surface area (Å²) in [5.41, 5.74) is 1.78. The van der Waals surface area contributed by atoms with Crippen molar-refractivity contribution >= 4 is 0 Å². The number of hydrogen-bond donors (Lipinski definition) is 0. The van der Waals surface area contributed by atoms with Gasteiger partial charge in [-0.15, -0.1) is 0 Å². The van der Waals surface area contributed by atoms with Crippen LogP contribution in [0.5, 0.6) is 0 Å². The first-order valence-electron chi connectivity index (χ1n) is 13.2. The number of hydrogen-bond acceptors (Lipinski definition) is 0. The average molecular weight is 389 g/mol. The van der Waals surface area contributed by atoms with Crippen molar-refractivity contribution in [3.05, 3.63) is 0 Å². The fourth-order valence-electron chi connectivity index (χ4n) is 8.39. The third kappa shape index (κ3) is 3.97. The van der Waals surface area contributed by atoms with Crippen LogP contribution in [-0.2, 0) is 0 Å². The maximum Gasteiger partial charge on any atom is -0.0244 e. The maximum absolute atomic E-state index is 2.73. The van der Waals surface area contributed by atoms with Crippen molar-refractivity contribution in [1.82, 2.24) is 0 Å². The standard InChI is InChI=1S/C28H52/c1-8-9-18-28(7)25-17-20-27(6)22(13-11-10-12-21(2)3)14-15-24(27)23(25)16-19-26(28,4)5/h21-25H,8-20H2,1-7H3/t22-,23?,24?,25?,27+,28+/m0/s1. The molecule has 164 valence electrons. The molecule has 0 nitrogen and oxygen atoms in total. The number of unbranched alkanes of at least 4 members (excludes halogenated alkanes) is 2. The topological polar surface area (TPSA) is 0 Å². The molecular weight excluding hydrogens is 336 g/mol. The van der Waals surface area contributed by atoms with Gasteiger partial charge in [0.1, 0.15) is 0 Å². The second kappa shape index (κ2) is 8.63. The van der Waals surface area contributed by atoms with E-state index in [9.17, 15) is 0 Å². The summed E-state index contributed by atoms with van der Waals surface area (Å²) in [4.78, 5) is 0. The van der Waals surface area contributed by atoms with Gasteiger partial charge in [0.25, 0.3) is 0 Å². The van der Waals surface area contributed by atoms with Crippen LogP contribution in [0.2, 0.25) is 0 Å². The highest BCUT2D eigenvalue weighted by Crippen LogP contribution is 2.69. The Morgan fingerprint density at radius 1 is 0.821 bits per heavy atom. The lowest BCUT2D eigenvalue weighted by molar-refractivity contribution is -0.132. The third-order valence-corrected chi connectivity index (χ3v) is 10.7. The molecule has 0 amide bonds. The Morgan fingerprint density at radius 2 is 1.57 bits per heavy atom. The van der Waals surface area contributed by atoms with Crippen LogP contribution in [0.3, 0.4) is 0 Å². The minimum absolute atomic E-state index is 0.534. The summed E-state index contributed by atoms with van der Waals surface area (Å²) >= 11 is 0. The van der Waals surface area contributed by atoms with Crippen molar-refractivity contribution in [3.8, 4) is 0 Å². The van der Waals surface area contributed by atoms with Gasteiger partial charge in [0, 0.05) is 0 Å². The smallest absolute Gasteiger partial charge is 0.0244 e. The van der Waals surface area contributed by atoms with E-state index in [1.165, 1.54) is 70.6 Å². The summed E-state index contributed by atoms with van der Waals surface area (Å²) in [7, 11) is 0. The zero-order chi connectivity index (χ0) is 20.6. The first-order chi connectivity index (χ1) is 13.2. The van der Waals surface area contributed by atoms with Crippen LogP contribution in [0.15, 0.2) is 0 Å². The zero-order valence-corrected chi connectivity index (χ0v) is 20.6. The van der Waals surface area contributed by atoms with E-state index in [2.05, 4.69) is 48.5 Å². The van der Waals surface area contributed by atoms with Gasteiger partial charge in [-0.1, -0.05) is 80.6 Å². The molecule has 3 rings (SSSR count). The predicted octanol–water partition coefficient (Wildman–Crippen LogP) is 9.28. The quantitative estimate of drug-likeness (QED) is 0.363. The Labute approximate surface area is 178 Å². The van der Waals surface area contributed by atoms with E-state index in [0.717, 1.165) is 29.6 Å². The molecule has 0 aliphatic heterocycles. The van der Waals surface area contributed by atoms with Gasteiger partial charge in [-0.3, -0.25) is 0 Å². The van der Waals surface area contributed by atoms with Crippen molar-refractivity contribution in [2.75, 3.05) is 0 Å². The lowest BCUT2D eigenvalue weighted by atomic mass is 9.43. The SMILES string of the molecule is CCCC[C@]1(C)C2CC[C@@]3(C)C(CC[C@@H]3CCCCC(C)C)C2CCC1(C)C. The van der Waals surface area contributed by atoms with Gasteiger partial charge >= 0.3 is 0 Å². The van der Waals surface area contributed by atoms with Gasteiger partial charge in [-0.25, -0.2) is 0 Å². The molecule has 28 heavy (non-hydrogen) atoms. The predicted molar refractivity (Wildman–Crippen MR) is 124 cm³/mol. The minimum atomic E-state index is 0.534. The molecule has 0 spiro atoms. The van der Waals surface area contributed by atoms with Gasteiger partial charge < -0.3 is 0 Å². The Bertz CT molecular complexity index is 502. The molecule has 0 radical (unpaired) electrons. The second-order valence-electron chi connectivity index (χ2n) is 12.8. The van der Waals surface area contributed by atoms with Crippen molar-refractivity contribution in [3.63, 3.8) is 0 Å². The lowest BCUT2D eigenvalue weighted by Crippen LogP contribution is -2.54. The molecule has 3 aliphatic carbocycles. The largest absolute Gasteiger partial charge is 0.0654 e.